The molecule has 4 nitrogen and oxygen atoms in total. The van der Waals surface area contributed by atoms with Crippen LogP contribution < -0.4 is 14.2 Å². The van der Waals surface area contributed by atoms with Crippen LogP contribution in [0.25, 0.3) is 0 Å². The Labute approximate surface area is 200 Å². The van der Waals surface area contributed by atoms with Crippen LogP contribution >= 0.6 is 0 Å². The predicted molar refractivity (Wildman–Crippen MR) is 135 cm³/mol. The highest BCUT2D eigenvalue weighted by Crippen LogP contribution is 2.20. The molecule has 0 bridgehead atoms. The van der Waals surface area contributed by atoms with Gasteiger partial charge in [-0.2, -0.15) is 0 Å². The van der Waals surface area contributed by atoms with E-state index in [4.69, 9.17) is 14.2 Å². The van der Waals surface area contributed by atoms with Gasteiger partial charge in [-0.05, 0) is 86.6 Å². The second kappa shape index (κ2) is 16.0. The van der Waals surface area contributed by atoms with Gasteiger partial charge in [-0.1, -0.05) is 45.6 Å². The van der Waals surface area contributed by atoms with E-state index in [-0.39, 0.29) is 5.97 Å². The second-order valence-electron chi connectivity index (χ2n) is 8.58. The first-order valence-corrected chi connectivity index (χ1v) is 12.4. The Balaban J connectivity index is 1.67. The quantitative estimate of drug-likeness (QED) is 0.105. The van der Waals surface area contributed by atoms with Gasteiger partial charge in [0.05, 0.1) is 18.8 Å². The molecule has 0 fully saturated rings. The Morgan fingerprint density at radius 2 is 1.36 bits per heavy atom. The van der Waals surface area contributed by atoms with Crippen LogP contribution in [-0.2, 0) is 0 Å². The fraction of sp³-hybridized carbons (Fsp3) is 0.483. The molecule has 2 aromatic carbocycles. The molecule has 1 atom stereocenters. The zero-order chi connectivity index (χ0) is 23.7. The van der Waals surface area contributed by atoms with Crippen LogP contribution in [0.5, 0.6) is 17.2 Å². The van der Waals surface area contributed by atoms with Gasteiger partial charge in [-0.15, -0.1) is 6.58 Å². The summed E-state index contributed by atoms with van der Waals surface area (Å²) in [4.78, 5) is 12.4. The lowest BCUT2D eigenvalue weighted by atomic mass is 10.0. The maximum Gasteiger partial charge on any atom is 0.343 e. The molecule has 0 N–H and O–H groups in total. The second-order valence-corrected chi connectivity index (χ2v) is 8.58. The predicted octanol–water partition coefficient (Wildman–Crippen LogP) is 8.02. The molecule has 0 spiro atoms. The lowest BCUT2D eigenvalue weighted by Crippen LogP contribution is -2.08. The van der Waals surface area contributed by atoms with Gasteiger partial charge in [0.25, 0.3) is 0 Å². The van der Waals surface area contributed by atoms with E-state index in [1.807, 2.05) is 30.3 Å². The summed E-state index contributed by atoms with van der Waals surface area (Å²) in [5, 5.41) is 0. The van der Waals surface area contributed by atoms with Crippen LogP contribution in [-0.4, -0.2) is 19.2 Å². The van der Waals surface area contributed by atoms with Crippen molar-refractivity contribution in [2.24, 2.45) is 5.92 Å². The summed E-state index contributed by atoms with van der Waals surface area (Å²) in [6.07, 6.45) is 12.4. The normalized spacial score (nSPS) is 11.6. The number of ether oxygens (including phenoxy) is 3. The van der Waals surface area contributed by atoms with Crippen molar-refractivity contribution < 1.29 is 19.0 Å². The van der Waals surface area contributed by atoms with Crippen LogP contribution in [0.2, 0.25) is 0 Å². The van der Waals surface area contributed by atoms with E-state index < -0.39 is 0 Å². The maximum atomic E-state index is 12.4. The largest absolute Gasteiger partial charge is 0.494 e. The van der Waals surface area contributed by atoms with Crippen molar-refractivity contribution in [2.75, 3.05) is 13.2 Å². The summed E-state index contributed by atoms with van der Waals surface area (Å²) in [5.74, 6) is 2.41. The number of allylic oxidation sites excluding steroid dienone is 1. The number of hydrogen-bond acceptors (Lipinski definition) is 4. The molecule has 1 unspecified atom stereocenters. The molecule has 0 aliphatic rings. The van der Waals surface area contributed by atoms with Crippen molar-refractivity contribution in [2.45, 2.75) is 71.6 Å². The number of carbonyl (C=O) groups is 1. The Bertz CT molecular complexity index is 795. The van der Waals surface area contributed by atoms with Gasteiger partial charge in [0.1, 0.15) is 17.2 Å². The summed E-state index contributed by atoms with van der Waals surface area (Å²) in [6, 6.07) is 14.3. The summed E-state index contributed by atoms with van der Waals surface area (Å²) in [5.41, 5.74) is 0.496. The topological polar surface area (TPSA) is 44.8 Å². The first-order valence-electron chi connectivity index (χ1n) is 12.4. The molecule has 2 rings (SSSR count). The third-order valence-electron chi connectivity index (χ3n) is 5.75. The van der Waals surface area contributed by atoms with E-state index in [1.54, 1.807) is 24.3 Å². The fourth-order valence-corrected chi connectivity index (χ4v) is 3.39. The molecular formula is C29H40O4. The van der Waals surface area contributed by atoms with E-state index in [2.05, 4.69) is 20.4 Å². The molecule has 4 heteroatoms. The van der Waals surface area contributed by atoms with Crippen LogP contribution in [0, 0.1) is 5.92 Å². The van der Waals surface area contributed by atoms with Crippen LogP contribution in [0.15, 0.2) is 61.2 Å². The molecule has 180 valence electrons. The van der Waals surface area contributed by atoms with Gasteiger partial charge >= 0.3 is 5.97 Å². The van der Waals surface area contributed by atoms with Crippen LogP contribution in [0.4, 0.5) is 0 Å². The molecule has 0 aliphatic carbocycles. The molecule has 0 saturated carbocycles. The highest BCUT2D eigenvalue weighted by molar-refractivity contribution is 5.91. The average Bonchev–Trinajstić information content (AvgIpc) is 2.84. The fourth-order valence-electron chi connectivity index (χ4n) is 3.39. The van der Waals surface area contributed by atoms with E-state index >= 15 is 0 Å². The van der Waals surface area contributed by atoms with Gasteiger partial charge in [-0.3, -0.25) is 0 Å². The number of benzene rings is 2. The lowest BCUT2D eigenvalue weighted by molar-refractivity contribution is 0.0734. The van der Waals surface area contributed by atoms with Crippen LogP contribution in [0.1, 0.15) is 82.0 Å². The number of unbranched alkanes of at least 4 members (excludes halogenated alkanes) is 5. The Morgan fingerprint density at radius 1 is 0.818 bits per heavy atom. The average molecular weight is 453 g/mol. The first-order chi connectivity index (χ1) is 16.1. The van der Waals surface area contributed by atoms with Gasteiger partial charge < -0.3 is 14.2 Å². The summed E-state index contributed by atoms with van der Waals surface area (Å²) in [6.45, 7) is 9.61. The zero-order valence-corrected chi connectivity index (χ0v) is 20.4. The number of esters is 1. The van der Waals surface area contributed by atoms with Crippen molar-refractivity contribution in [1.82, 2.24) is 0 Å². The SMILES string of the molecule is C=CCCCCCCCOc1ccc(OC(=O)c2ccc(OCCCC(C)CC)cc2)cc1. The number of rotatable bonds is 17. The van der Waals surface area contributed by atoms with E-state index in [1.165, 1.54) is 38.5 Å². The Hall–Kier alpha value is -2.75. The third-order valence-corrected chi connectivity index (χ3v) is 5.75. The van der Waals surface area contributed by atoms with Crippen molar-refractivity contribution >= 4 is 5.97 Å². The Morgan fingerprint density at radius 3 is 2.00 bits per heavy atom. The van der Waals surface area contributed by atoms with Gasteiger partial charge in [-0.25, -0.2) is 4.79 Å². The molecule has 33 heavy (non-hydrogen) atoms. The van der Waals surface area contributed by atoms with Crippen molar-refractivity contribution in [1.29, 1.82) is 0 Å². The number of hydrogen-bond donors (Lipinski definition) is 0. The molecule has 2 aromatic rings. The minimum Gasteiger partial charge on any atom is -0.494 e. The first kappa shape index (κ1) is 26.5. The minimum atomic E-state index is -0.386. The highest BCUT2D eigenvalue weighted by atomic mass is 16.5. The number of carbonyl (C=O) groups excluding carboxylic acids is 1. The summed E-state index contributed by atoms with van der Waals surface area (Å²) in [7, 11) is 0. The van der Waals surface area contributed by atoms with E-state index in [9.17, 15) is 4.79 Å². The monoisotopic (exact) mass is 452 g/mol. The highest BCUT2D eigenvalue weighted by Gasteiger charge is 2.09. The summed E-state index contributed by atoms with van der Waals surface area (Å²) < 4.78 is 17.0. The molecule has 0 amide bonds. The lowest BCUT2D eigenvalue weighted by Gasteiger charge is -2.10. The molecular weight excluding hydrogens is 412 g/mol. The van der Waals surface area contributed by atoms with Crippen molar-refractivity contribution in [3.05, 3.63) is 66.7 Å². The van der Waals surface area contributed by atoms with Crippen LogP contribution in [0.3, 0.4) is 0 Å². The maximum absolute atomic E-state index is 12.4. The molecule has 0 aromatic heterocycles. The van der Waals surface area contributed by atoms with Gasteiger partial charge in [0, 0.05) is 0 Å². The van der Waals surface area contributed by atoms with Crippen molar-refractivity contribution in [3.8, 4) is 17.2 Å². The van der Waals surface area contributed by atoms with E-state index in [0.29, 0.717) is 24.5 Å². The molecule has 0 heterocycles. The Kier molecular flexibility index (Phi) is 12.8. The smallest absolute Gasteiger partial charge is 0.343 e. The molecule has 0 radical (unpaired) electrons. The van der Waals surface area contributed by atoms with Gasteiger partial charge in [0.15, 0.2) is 0 Å². The molecule has 0 saturated heterocycles. The van der Waals surface area contributed by atoms with E-state index in [0.717, 1.165) is 36.7 Å². The standard InChI is InChI=1S/C29H40O4/c1-4-6-7-8-9-10-11-22-31-27-18-20-28(21-19-27)33-29(30)25-14-16-26(17-15-25)32-23-12-13-24(3)5-2/h4,14-21,24H,1,5-13,22-23H2,2-3H3. The van der Waals surface area contributed by atoms with Crippen molar-refractivity contribution in [3.63, 3.8) is 0 Å². The third kappa shape index (κ3) is 11.1. The van der Waals surface area contributed by atoms with Gasteiger partial charge in [0.2, 0.25) is 0 Å². The zero-order valence-electron chi connectivity index (χ0n) is 20.4. The summed E-state index contributed by atoms with van der Waals surface area (Å²) >= 11 is 0. The molecule has 0 aliphatic heterocycles. The minimum absolute atomic E-state index is 0.386.